The summed E-state index contributed by atoms with van der Waals surface area (Å²) in [5.74, 6) is -0.0268. The lowest BCUT2D eigenvalue weighted by Gasteiger charge is -2.21. The number of nitrogens with one attached hydrogen (secondary N) is 2. The molecule has 1 aliphatic heterocycles. The average Bonchev–Trinajstić information content (AvgIpc) is 2.89. The molecule has 8 nitrogen and oxygen atoms in total. The molecule has 0 radical (unpaired) electrons. The van der Waals surface area contributed by atoms with Gasteiger partial charge in [-0.3, -0.25) is 10.00 Å². The highest BCUT2D eigenvalue weighted by molar-refractivity contribution is 5.94. The zero-order chi connectivity index (χ0) is 16.4. The van der Waals surface area contributed by atoms with E-state index in [1.165, 1.54) is 0 Å². The maximum absolute atomic E-state index is 12.0. The van der Waals surface area contributed by atoms with Gasteiger partial charge < -0.3 is 14.8 Å². The highest BCUT2D eigenvalue weighted by Crippen LogP contribution is 2.33. The number of hydrogen-bond donors (Lipinski definition) is 2. The summed E-state index contributed by atoms with van der Waals surface area (Å²) in [6.07, 6.45) is 2.15. The first kappa shape index (κ1) is 16.3. The van der Waals surface area contributed by atoms with Crippen LogP contribution in [0.25, 0.3) is 0 Å². The molecule has 1 fully saturated rings. The van der Waals surface area contributed by atoms with E-state index in [0.29, 0.717) is 25.4 Å². The zero-order valence-electron chi connectivity index (χ0n) is 13.3. The number of urea groups is 1. The molecule has 22 heavy (non-hydrogen) atoms. The van der Waals surface area contributed by atoms with Crippen molar-refractivity contribution in [2.24, 2.45) is 0 Å². The lowest BCUT2D eigenvalue weighted by Crippen LogP contribution is -2.51. The van der Waals surface area contributed by atoms with Crippen LogP contribution < -0.4 is 10.6 Å². The number of aromatic nitrogens is 2. The number of anilines is 1. The van der Waals surface area contributed by atoms with E-state index < -0.39 is 23.1 Å². The summed E-state index contributed by atoms with van der Waals surface area (Å²) < 4.78 is 11.9. The number of rotatable bonds is 5. The number of methoxy groups -OCH3 is 1. The molecule has 0 spiro atoms. The molecular weight excluding hydrogens is 288 g/mol. The van der Waals surface area contributed by atoms with Gasteiger partial charge in [0.25, 0.3) is 0 Å². The van der Waals surface area contributed by atoms with Gasteiger partial charge in [-0.05, 0) is 20.8 Å². The van der Waals surface area contributed by atoms with Gasteiger partial charge in [0.1, 0.15) is 11.1 Å². The van der Waals surface area contributed by atoms with E-state index in [9.17, 15) is 9.59 Å². The molecule has 1 unspecified atom stereocenters. The van der Waals surface area contributed by atoms with Crippen molar-refractivity contribution in [2.45, 2.75) is 44.9 Å². The summed E-state index contributed by atoms with van der Waals surface area (Å²) in [5.41, 5.74) is -1.62. The molecular formula is C14H22N4O4. The van der Waals surface area contributed by atoms with Crippen molar-refractivity contribution in [1.82, 2.24) is 15.1 Å². The molecule has 2 amide bonds. The van der Waals surface area contributed by atoms with E-state index in [1.807, 2.05) is 13.8 Å². The standard InChI is InChI=1S/C14H22N4O4/c1-13(2)9-14(3,11(19)22-13)16-12(20)15-10-5-6-18(17-10)7-8-21-4/h5-6H,7-9H2,1-4H3,(H2,15,16,17,20). The number of carbonyl (C=O) groups excluding carboxylic acids is 2. The summed E-state index contributed by atoms with van der Waals surface area (Å²) in [6, 6.07) is 1.18. The van der Waals surface area contributed by atoms with Gasteiger partial charge in [0, 0.05) is 25.8 Å². The summed E-state index contributed by atoms with van der Waals surface area (Å²) in [5, 5.41) is 9.45. The Kier molecular flexibility index (Phi) is 4.41. The number of cyclic esters (lactones) is 1. The van der Waals surface area contributed by atoms with E-state index >= 15 is 0 Å². The first-order chi connectivity index (χ1) is 10.2. The summed E-state index contributed by atoms with van der Waals surface area (Å²) in [6.45, 7) is 6.41. The van der Waals surface area contributed by atoms with Crippen LogP contribution in [0.15, 0.2) is 12.3 Å². The lowest BCUT2D eigenvalue weighted by atomic mass is 9.92. The second kappa shape index (κ2) is 5.96. The quantitative estimate of drug-likeness (QED) is 0.795. The van der Waals surface area contributed by atoms with Crippen LogP contribution in [0.3, 0.4) is 0 Å². The largest absolute Gasteiger partial charge is 0.458 e. The Labute approximate surface area is 129 Å². The van der Waals surface area contributed by atoms with Gasteiger partial charge >= 0.3 is 12.0 Å². The second-order valence-electron chi connectivity index (χ2n) is 6.19. The topological polar surface area (TPSA) is 94.5 Å². The molecule has 1 aromatic rings. The third-order valence-corrected chi connectivity index (χ3v) is 3.39. The molecule has 0 aliphatic carbocycles. The SMILES string of the molecule is COCCn1ccc(NC(=O)NC2(C)CC(C)(C)OC2=O)n1. The molecule has 0 aromatic carbocycles. The van der Waals surface area contributed by atoms with Gasteiger partial charge in [0.2, 0.25) is 0 Å². The number of ether oxygens (including phenoxy) is 2. The molecule has 0 saturated carbocycles. The molecule has 2 heterocycles. The number of amides is 2. The minimum atomic E-state index is -1.04. The minimum Gasteiger partial charge on any atom is -0.458 e. The molecule has 122 valence electrons. The number of esters is 1. The van der Waals surface area contributed by atoms with Crippen LogP contribution >= 0.6 is 0 Å². The number of nitrogens with zero attached hydrogens (tertiary/aromatic N) is 2. The third-order valence-electron chi connectivity index (χ3n) is 3.39. The summed E-state index contributed by atoms with van der Waals surface area (Å²) in [4.78, 5) is 24.0. The van der Waals surface area contributed by atoms with Crippen molar-refractivity contribution >= 4 is 17.8 Å². The van der Waals surface area contributed by atoms with Gasteiger partial charge in [0.15, 0.2) is 5.82 Å². The van der Waals surface area contributed by atoms with Gasteiger partial charge in [-0.1, -0.05) is 0 Å². The number of carbonyl (C=O) groups is 2. The fourth-order valence-electron chi connectivity index (χ4n) is 2.55. The van der Waals surface area contributed by atoms with Crippen molar-refractivity contribution in [2.75, 3.05) is 19.0 Å². The van der Waals surface area contributed by atoms with Crippen LogP contribution in [0.2, 0.25) is 0 Å². The fourth-order valence-corrected chi connectivity index (χ4v) is 2.55. The molecule has 0 bridgehead atoms. The first-order valence-electron chi connectivity index (χ1n) is 7.09. The van der Waals surface area contributed by atoms with Crippen LogP contribution in [0.1, 0.15) is 27.2 Å². The van der Waals surface area contributed by atoms with Crippen LogP contribution in [0.5, 0.6) is 0 Å². The van der Waals surface area contributed by atoms with Crippen molar-refractivity contribution in [3.63, 3.8) is 0 Å². The number of hydrogen-bond acceptors (Lipinski definition) is 5. The Balaban J connectivity index is 1.93. The molecule has 1 atom stereocenters. The Morgan fingerprint density at radius 3 is 2.82 bits per heavy atom. The predicted octanol–water partition coefficient (Wildman–Crippen LogP) is 1.14. The van der Waals surface area contributed by atoms with E-state index in [0.717, 1.165) is 0 Å². The predicted molar refractivity (Wildman–Crippen MR) is 79.5 cm³/mol. The van der Waals surface area contributed by atoms with Crippen LogP contribution in [-0.4, -0.2) is 46.6 Å². The fraction of sp³-hybridized carbons (Fsp3) is 0.643. The average molecular weight is 310 g/mol. The van der Waals surface area contributed by atoms with Crippen LogP contribution in [-0.2, 0) is 20.8 Å². The maximum Gasteiger partial charge on any atom is 0.332 e. The van der Waals surface area contributed by atoms with Gasteiger partial charge in [-0.25, -0.2) is 9.59 Å². The van der Waals surface area contributed by atoms with E-state index in [1.54, 1.807) is 31.0 Å². The van der Waals surface area contributed by atoms with E-state index in [-0.39, 0.29) is 0 Å². The Morgan fingerprint density at radius 1 is 1.50 bits per heavy atom. The third kappa shape index (κ3) is 3.76. The smallest absolute Gasteiger partial charge is 0.332 e. The molecule has 2 rings (SSSR count). The van der Waals surface area contributed by atoms with E-state index in [2.05, 4.69) is 15.7 Å². The molecule has 1 aromatic heterocycles. The van der Waals surface area contributed by atoms with Crippen LogP contribution in [0, 0.1) is 0 Å². The van der Waals surface area contributed by atoms with Crippen molar-refractivity contribution in [1.29, 1.82) is 0 Å². The summed E-state index contributed by atoms with van der Waals surface area (Å²) >= 11 is 0. The van der Waals surface area contributed by atoms with Gasteiger partial charge in [0.05, 0.1) is 13.2 Å². The van der Waals surface area contributed by atoms with Crippen molar-refractivity contribution in [3.05, 3.63) is 12.3 Å². The molecule has 1 saturated heterocycles. The maximum atomic E-state index is 12.0. The van der Waals surface area contributed by atoms with Gasteiger partial charge in [-0.2, -0.15) is 5.10 Å². The minimum absolute atomic E-state index is 0.405. The Morgan fingerprint density at radius 2 is 2.23 bits per heavy atom. The zero-order valence-corrected chi connectivity index (χ0v) is 13.3. The summed E-state index contributed by atoms with van der Waals surface area (Å²) in [7, 11) is 1.61. The van der Waals surface area contributed by atoms with Crippen molar-refractivity contribution < 1.29 is 19.1 Å². The van der Waals surface area contributed by atoms with Gasteiger partial charge in [-0.15, -0.1) is 0 Å². The normalized spacial score (nSPS) is 23.2. The molecule has 8 heteroatoms. The second-order valence-corrected chi connectivity index (χ2v) is 6.19. The van der Waals surface area contributed by atoms with Crippen molar-refractivity contribution in [3.8, 4) is 0 Å². The van der Waals surface area contributed by atoms with E-state index in [4.69, 9.17) is 9.47 Å². The molecule has 2 N–H and O–H groups in total. The highest BCUT2D eigenvalue weighted by atomic mass is 16.6. The van der Waals surface area contributed by atoms with Crippen LogP contribution in [0.4, 0.5) is 10.6 Å². The Hall–Kier alpha value is -2.09. The lowest BCUT2D eigenvalue weighted by molar-refractivity contribution is -0.149. The Bertz CT molecular complexity index is 569. The first-order valence-corrected chi connectivity index (χ1v) is 7.09. The highest BCUT2D eigenvalue weighted by Gasteiger charge is 2.50. The monoisotopic (exact) mass is 310 g/mol. The molecule has 1 aliphatic rings.